The zero-order valence-corrected chi connectivity index (χ0v) is 15.6. The summed E-state index contributed by atoms with van der Waals surface area (Å²) >= 11 is 0. The van der Waals surface area contributed by atoms with Crippen LogP contribution >= 0.6 is 0 Å². The van der Waals surface area contributed by atoms with Crippen LogP contribution in [0.5, 0.6) is 6.01 Å². The first kappa shape index (κ1) is 17.9. The summed E-state index contributed by atoms with van der Waals surface area (Å²) in [6.45, 7) is 4.66. The number of carbonyl (C=O) groups excluding carboxylic acids is 1. The van der Waals surface area contributed by atoms with E-state index in [0.717, 1.165) is 17.7 Å². The van der Waals surface area contributed by atoms with Gasteiger partial charge in [-0.3, -0.25) is 14.6 Å². The molecule has 0 aliphatic carbocycles. The summed E-state index contributed by atoms with van der Waals surface area (Å²) in [5.41, 5.74) is 3.23. The third-order valence-corrected chi connectivity index (χ3v) is 4.92. The number of hydrogen-bond acceptors (Lipinski definition) is 6. The summed E-state index contributed by atoms with van der Waals surface area (Å²) in [7, 11) is 1.61. The second-order valence-corrected chi connectivity index (χ2v) is 6.95. The Morgan fingerprint density at radius 3 is 2.70 bits per heavy atom. The minimum absolute atomic E-state index is 0.0430. The number of amides is 1. The van der Waals surface area contributed by atoms with Crippen LogP contribution < -0.4 is 9.64 Å². The average molecular weight is 368 g/mol. The van der Waals surface area contributed by atoms with E-state index in [-0.39, 0.29) is 11.9 Å². The number of methoxy groups -OCH3 is 1. The lowest BCUT2D eigenvalue weighted by molar-refractivity contribution is -0.117. The van der Waals surface area contributed by atoms with Crippen molar-refractivity contribution in [3.8, 4) is 6.01 Å². The first-order valence-corrected chi connectivity index (χ1v) is 9.31. The van der Waals surface area contributed by atoms with E-state index in [1.54, 1.807) is 18.2 Å². The van der Waals surface area contributed by atoms with Gasteiger partial charge in [0.1, 0.15) is 12.4 Å². The molecule has 1 aromatic carbocycles. The maximum absolute atomic E-state index is 12.5. The van der Waals surface area contributed by atoms with Crippen LogP contribution in [0.4, 0.5) is 5.82 Å². The molecule has 0 N–H and O–H groups in total. The fourth-order valence-corrected chi connectivity index (χ4v) is 3.37. The molecule has 7 nitrogen and oxygen atoms in total. The van der Waals surface area contributed by atoms with Crippen LogP contribution in [-0.4, -0.2) is 54.2 Å². The highest BCUT2D eigenvalue weighted by Gasteiger charge is 2.30. The number of aromatic nitrogens is 2. The van der Waals surface area contributed by atoms with Gasteiger partial charge in [-0.25, -0.2) is 4.98 Å². The molecule has 0 unspecified atom stereocenters. The molecule has 2 aliphatic heterocycles. The first-order valence-electron chi connectivity index (χ1n) is 9.31. The molecule has 2 aromatic rings. The second kappa shape index (κ2) is 8.02. The number of likely N-dealkylation sites (tertiary alicyclic amines) is 1. The van der Waals surface area contributed by atoms with Crippen molar-refractivity contribution in [3.05, 3.63) is 47.2 Å². The highest BCUT2D eigenvalue weighted by atomic mass is 16.5. The fraction of sp³-hybridized carbons (Fsp3) is 0.450. The van der Waals surface area contributed by atoms with E-state index >= 15 is 0 Å². The molecule has 4 rings (SSSR count). The van der Waals surface area contributed by atoms with Crippen molar-refractivity contribution in [1.29, 1.82) is 0 Å². The maximum atomic E-state index is 12.5. The Bertz CT molecular complexity index is 823. The number of hydrogen-bond donors (Lipinski definition) is 0. The first-order chi connectivity index (χ1) is 13.2. The molecule has 1 saturated heterocycles. The smallest absolute Gasteiger partial charge is 0.318 e. The molecule has 142 valence electrons. The largest absolute Gasteiger partial charge is 0.461 e. The van der Waals surface area contributed by atoms with Gasteiger partial charge in [-0.15, -0.1) is 0 Å². The highest BCUT2D eigenvalue weighted by molar-refractivity contribution is 6.00. The zero-order valence-electron chi connectivity index (χ0n) is 15.6. The standard InChI is InChI=1S/C20H24N4O3/c1-26-8-9-27-20-21-12-17-11-18(25)24(19(17)22-20)14-16-5-2-4-15(10-16)13-23-6-3-7-23/h2,4-5,10,12H,3,6-9,11,13-14H2,1H3. The molecule has 0 radical (unpaired) electrons. The Hall–Kier alpha value is -2.51. The van der Waals surface area contributed by atoms with Gasteiger partial charge in [-0.05, 0) is 30.6 Å². The number of anilines is 1. The van der Waals surface area contributed by atoms with Gasteiger partial charge in [-0.2, -0.15) is 4.98 Å². The van der Waals surface area contributed by atoms with Crippen molar-refractivity contribution in [1.82, 2.24) is 14.9 Å². The molecule has 0 spiro atoms. The minimum Gasteiger partial charge on any atom is -0.461 e. The monoisotopic (exact) mass is 368 g/mol. The van der Waals surface area contributed by atoms with E-state index in [4.69, 9.17) is 9.47 Å². The van der Waals surface area contributed by atoms with Gasteiger partial charge < -0.3 is 9.47 Å². The van der Waals surface area contributed by atoms with Gasteiger partial charge in [-0.1, -0.05) is 24.3 Å². The SMILES string of the molecule is COCCOc1ncc2c(n1)N(Cc1cccc(CN3CCC3)c1)C(=O)C2. The van der Waals surface area contributed by atoms with E-state index < -0.39 is 0 Å². The predicted molar refractivity (Wildman–Crippen MR) is 101 cm³/mol. The molecular weight excluding hydrogens is 344 g/mol. The van der Waals surface area contributed by atoms with Crippen molar-refractivity contribution < 1.29 is 14.3 Å². The topological polar surface area (TPSA) is 67.8 Å². The summed E-state index contributed by atoms with van der Waals surface area (Å²) in [6.07, 6.45) is 3.30. The van der Waals surface area contributed by atoms with Gasteiger partial charge in [0.15, 0.2) is 0 Å². The third-order valence-electron chi connectivity index (χ3n) is 4.92. The van der Waals surface area contributed by atoms with Crippen LogP contribution in [0.3, 0.4) is 0 Å². The van der Waals surface area contributed by atoms with Gasteiger partial charge in [0.2, 0.25) is 5.91 Å². The second-order valence-electron chi connectivity index (χ2n) is 6.95. The number of ether oxygens (including phenoxy) is 2. The number of rotatable bonds is 8. The molecule has 2 aliphatic rings. The summed E-state index contributed by atoms with van der Waals surface area (Å²) < 4.78 is 10.5. The minimum atomic E-state index is 0.0430. The van der Waals surface area contributed by atoms with Gasteiger partial charge in [0.25, 0.3) is 0 Å². The fourth-order valence-electron chi connectivity index (χ4n) is 3.37. The lowest BCUT2D eigenvalue weighted by Crippen LogP contribution is -2.36. The summed E-state index contributed by atoms with van der Waals surface area (Å²) in [6, 6.07) is 8.72. The van der Waals surface area contributed by atoms with Crippen molar-refractivity contribution in [2.45, 2.75) is 25.9 Å². The molecular formula is C20H24N4O3. The van der Waals surface area contributed by atoms with Crippen LogP contribution in [0.25, 0.3) is 0 Å². The zero-order chi connectivity index (χ0) is 18.6. The lowest BCUT2D eigenvalue weighted by atomic mass is 10.1. The Morgan fingerprint density at radius 2 is 1.96 bits per heavy atom. The Labute approximate surface area is 158 Å². The summed E-state index contributed by atoms with van der Waals surface area (Å²) in [4.78, 5) is 25.3. The molecule has 0 atom stereocenters. The molecule has 7 heteroatoms. The Morgan fingerprint density at radius 1 is 1.15 bits per heavy atom. The molecule has 0 saturated carbocycles. The maximum Gasteiger partial charge on any atom is 0.318 e. The van der Waals surface area contributed by atoms with Crippen LogP contribution in [0.1, 0.15) is 23.1 Å². The summed E-state index contributed by atoms with van der Waals surface area (Å²) in [5.74, 6) is 0.692. The molecule has 0 bridgehead atoms. The molecule has 1 aromatic heterocycles. The molecule has 1 amide bonds. The Balaban J connectivity index is 1.48. The number of nitrogens with zero attached hydrogens (tertiary/aromatic N) is 4. The van der Waals surface area contributed by atoms with E-state index in [0.29, 0.717) is 32.0 Å². The van der Waals surface area contributed by atoms with Gasteiger partial charge >= 0.3 is 6.01 Å². The van der Waals surface area contributed by atoms with Crippen LogP contribution in [0.15, 0.2) is 30.5 Å². The number of carbonyl (C=O) groups is 1. The van der Waals surface area contributed by atoms with Crippen molar-refractivity contribution in [2.75, 3.05) is 38.3 Å². The van der Waals surface area contributed by atoms with E-state index in [1.165, 1.54) is 25.1 Å². The predicted octanol–water partition coefficient (Wildman–Crippen LogP) is 1.80. The van der Waals surface area contributed by atoms with Crippen LogP contribution in [0, 0.1) is 0 Å². The van der Waals surface area contributed by atoms with Gasteiger partial charge in [0.05, 0.1) is 19.6 Å². The van der Waals surface area contributed by atoms with Crippen molar-refractivity contribution >= 4 is 11.7 Å². The van der Waals surface area contributed by atoms with Crippen LogP contribution in [-0.2, 0) is 29.0 Å². The Kier molecular flexibility index (Phi) is 5.31. The number of fused-ring (bicyclic) bond motifs is 1. The van der Waals surface area contributed by atoms with Gasteiger partial charge in [0, 0.05) is 25.4 Å². The molecule has 27 heavy (non-hydrogen) atoms. The normalized spacial score (nSPS) is 16.3. The molecule has 1 fully saturated rings. The molecule has 3 heterocycles. The lowest BCUT2D eigenvalue weighted by Gasteiger charge is -2.30. The number of benzene rings is 1. The highest BCUT2D eigenvalue weighted by Crippen LogP contribution is 2.29. The van der Waals surface area contributed by atoms with Crippen molar-refractivity contribution in [3.63, 3.8) is 0 Å². The van der Waals surface area contributed by atoms with E-state index in [1.807, 2.05) is 0 Å². The van der Waals surface area contributed by atoms with Crippen LogP contribution in [0.2, 0.25) is 0 Å². The average Bonchev–Trinajstić information content (AvgIpc) is 2.94. The van der Waals surface area contributed by atoms with E-state index in [9.17, 15) is 4.79 Å². The van der Waals surface area contributed by atoms with Crippen molar-refractivity contribution in [2.24, 2.45) is 0 Å². The third kappa shape index (κ3) is 4.09. The quantitative estimate of drug-likeness (QED) is 0.662. The van der Waals surface area contributed by atoms with E-state index in [2.05, 4.69) is 39.1 Å². The summed E-state index contributed by atoms with van der Waals surface area (Å²) in [5, 5.41) is 0.